The number of rotatable bonds is 0. The number of hydrogen-bond donors (Lipinski definition) is 1. The highest BCUT2D eigenvalue weighted by molar-refractivity contribution is 5.84. The van der Waals surface area contributed by atoms with Gasteiger partial charge >= 0.3 is 0 Å². The van der Waals surface area contributed by atoms with Crippen LogP contribution >= 0.6 is 0 Å². The van der Waals surface area contributed by atoms with Crippen molar-refractivity contribution in [2.45, 2.75) is 25.7 Å². The second-order valence-electron chi connectivity index (χ2n) is 4.04. The first-order valence-corrected chi connectivity index (χ1v) is 5.34. The number of hydrogen-bond acceptors (Lipinski definition) is 2. The highest BCUT2D eigenvalue weighted by Crippen LogP contribution is 2.24. The van der Waals surface area contributed by atoms with E-state index in [-0.39, 0.29) is 5.56 Å². The molecule has 15 heavy (non-hydrogen) atoms. The van der Waals surface area contributed by atoms with Crippen LogP contribution in [0.2, 0.25) is 0 Å². The van der Waals surface area contributed by atoms with Crippen LogP contribution in [0.15, 0.2) is 23.3 Å². The Morgan fingerprint density at radius 2 is 2.07 bits per heavy atom. The molecule has 0 saturated carbocycles. The summed E-state index contributed by atoms with van der Waals surface area (Å²) in [6.07, 6.45) is 7.89. The van der Waals surface area contributed by atoms with Gasteiger partial charge in [0.25, 0.3) is 5.56 Å². The Morgan fingerprint density at radius 3 is 3.00 bits per heavy atom. The van der Waals surface area contributed by atoms with E-state index in [0.717, 1.165) is 29.3 Å². The van der Waals surface area contributed by atoms with Crippen molar-refractivity contribution in [3.05, 3.63) is 40.1 Å². The van der Waals surface area contributed by atoms with Gasteiger partial charge in [-0.2, -0.15) is 0 Å². The summed E-state index contributed by atoms with van der Waals surface area (Å²) in [6.45, 7) is 0. The van der Waals surface area contributed by atoms with Crippen molar-refractivity contribution in [3.63, 3.8) is 0 Å². The second kappa shape index (κ2) is 3.19. The Bertz CT molecular complexity index is 571. The van der Waals surface area contributed by atoms with Crippen LogP contribution in [-0.2, 0) is 12.8 Å². The van der Waals surface area contributed by atoms with Gasteiger partial charge in [-0.1, -0.05) is 0 Å². The summed E-state index contributed by atoms with van der Waals surface area (Å²) in [6, 6.07) is 1.95. The minimum absolute atomic E-state index is 0.00116. The molecule has 3 rings (SSSR count). The normalized spacial score (nSPS) is 15.2. The number of pyridine rings is 2. The fourth-order valence-corrected chi connectivity index (χ4v) is 2.38. The van der Waals surface area contributed by atoms with E-state index in [1.165, 1.54) is 18.4 Å². The molecule has 0 radical (unpaired) electrons. The maximum Gasteiger partial charge on any atom is 0.257 e. The van der Waals surface area contributed by atoms with Gasteiger partial charge in [-0.25, -0.2) is 0 Å². The van der Waals surface area contributed by atoms with Gasteiger partial charge in [0.1, 0.15) is 0 Å². The zero-order chi connectivity index (χ0) is 10.3. The lowest BCUT2D eigenvalue weighted by Gasteiger charge is -2.16. The molecule has 76 valence electrons. The molecular weight excluding hydrogens is 188 g/mol. The van der Waals surface area contributed by atoms with Crippen LogP contribution in [0.3, 0.4) is 0 Å². The molecule has 2 aromatic rings. The minimum Gasteiger partial charge on any atom is -0.325 e. The molecule has 0 amide bonds. The second-order valence-corrected chi connectivity index (χ2v) is 4.04. The van der Waals surface area contributed by atoms with Gasteiger partial charge < -0.3 is 4.98 Å². The first kappa shape index (κ1) is 8.65. The zero-order valence-corrected chi connectivity index (χ0v) is 8.42. The molecule has 0 unspecified atom stereocenters. The summed E-state index contributed by atoms with van der Waals surface area (Å²) in [4.78, 5) is 18.7. The van der Waals surface area contributed by atoms with Gasteiger partial charge in [0.15, 0.2) is 0 Å². The van der Waals surface area contributed by atoms with Gasteiger partial charge in [0, 0.05) is 18.1 Å². The third kappa shape index (κ3) is 1.27. The summed E-state index contributed by atoms with van der Waals surface area (Å²) in [5.41, 5.74) is 2.45. The quantitative estimate of drug-likeness (QED) is 0.704. The summed E-state index contributed by atoms with van der Waals surface area (Å²) < 4.78 is 0. The Kier molecular flexibility index (Phi) is 1.84. The molecule has 0 atom stereocenters. The highest BCUT2D eigenvalue weighted by atomic mass is 16.1. The number of nitrogens with one attached hydrogen (secondary N) is 1. The van der Waals surface area contributed by atoms with Crippen LogP contribution in [0.5, 0.6) is 0 Å². The molecule has 0 spiro atoms. The zero-order valence-electron chi connectivity index (χ0n) is 8.42. The summed E-state index contributed by atoms with van der Waals surface area (Å²) >= 11 is 0. The fraction of sp³-hybridized carbons (Fsp3) is 0.333. The maximum atomic E-state index is 11.8. The van der Waals surface area contributed by atoms with E-state index in [1.54, 1.807) is 12.4 Å². The van der Waals surface area contributed by atoms with Crippen LogP contribution in [0.4, 0.5) is 0 Å². The lowest BCUT2D eigenvalue weighted by atomic mass is 9.92. The van der Waals surface area contributed by atoms with Gasteiger partial charge in [-0.3, -0.25) is 9.78 Å². The van der Waals surface area contributed by atoms with Crippen molar-refractivity contribution in [3.8, 4) is 0 Å². The van der Waals surface area contributed by atoms with E-state index in [1.807, 2.05) is 6.07 Å². The van der Waals surface area contributed by atoms with Gasteiger partial charge in [-0.15, -0.1) is 0 Å². The SMILES string of the molecule is O=c1[nH]c2c(c3ccncc13)CCCC2. The standard InChI is InChI=1S/C12H12N2O/c15-12-10-7-13-6-5-8(10)9-3-1-2-4-11(9)14-12/h5-7H,1-4H2,(H,14,15). The van der Waals surface area contributed by atoms with Crippen molar-refractivity contribution in [1.29, 1.82) is 0 Å². The molecule has 0 bridgehead atoms. The predicted molar refractivity (Wildman–Crippen MR) is 59.0 cm³/mol. The lowest BCUT2D eigenvalue weighted by Crippen LogP contribution is -2.16. The van der Waals surface area contributed by atoms with Gasteiger partial charge in [-0.05, 0) is 42.7 Å². The van der Waals surface area contributed by atoms with Gasteiger partial charge in [0.05, 0.1) is 5.39 Å². The minimum atomic E-state index is -0.00116. The van der Waals surface area contributed by atoms with Crippen molar-refractivity contribution in [2.24, 2.45) is 0 Å². The molecule has 3 nitrogen and oxygen atoms in total. The molecule has 0 aromatic carbocycles. The van der Waals surface area contributed by atoms with Crippen molar-refractivity contribution < 1.29 is 0 Å². The maximum absolute atomic E-state index is 11.8. The Morgan fingerprint density at radius 1 is 1.20 bits per heavy atom. The Balaban J connectivity index is 2.45. The van der Waals surface area contributed by atoms with Crippen LogP contribution in [0.1, 0.15) is 24.1 Å². The Labute approximate surface area is 87.2 Å². The van der Waals surface area contributed by atoms with E-state index in [2.05, 4.69) is 9.97 Å². The van der Waals surface area contributed by atoms with Crippen molar-refractivity contribution in [2.75, 3.05) is 0 Å². The number of H-pyrrole nitrogens is 1. The largest absolute Gasteiger partial charge is 0.325 e. The first-order valence-electron chi connectivity index (χ1n) is 5.34. The molecule has 3 heteroatoms. The van der Waals surface area contributed by atoms with Crippen LogP contribution in [0, 0.1) is 0 Å². The third-order valence-corrected chi connectivity index (χ3v) is 3.12. The lowest BCUT2D eigenvalue weighted by molar-refractivity contribution is 0.671. The molecular formula is C12H12N2O. The number of aromatic nitrogens is 2. The molecule has 0 saturated heterocycles. The van der Waals surface area contributed by atoms with Crippen LogP contribution in [0.25, 0.3) is 10.8 Å². The topological polar surface area (TPSA) is 45.8 Å². The molecule has 1 aliphatic carbocycles. The molecule has 1 aliphatic rings. The first-order chi connectivity index (χ1) is 7.36. The van der Waals surface area contributed by atoms with Crippen molar-refractivity contribution >= 4 is 10.8 Å². The van der Waals surface area contributed by atoms with E-state index in [4.69, 9.17) is 0 Å². The smallest absolute Gasteiger partial charge is 0.257 e. The van der Waals surface area contributed by atoms with Gasteiger partial charge in [0.2, 0.25) is 0 Å². The van der Waals surface area contributed by atoms with E-state index >= 15 is 0 Å². The summed E-state index contributed by atoms with van der Waals surface area (Å²) in [5, 5.41) is 1.81. The highest BCUT2D eigenvalue weighted by Gasteiger charge is 2.14. The average Bonchev–Trinajstić information content (AvgIpc) is 2.30. The van der Waals surface area contributed by atoms with E-state index in [0.29, 0.717) is 0 Å². The van der Waals surface area contributed by atoms with Crippen LogP contribution < -0.4 is 5.56 Å². The summed E-state index contributed by atoms with van der Waals surface area (Å²) in [5.74, 6) is 0. The third-order valence-electron chi connectivity index (χ3n) is 3.12. The molecule has 0 aliphatic heterocycles. The summed E-state index contributed by atoms with van der Waals surface area (Å²) in [7, 11) is 0. The molecule has 2 heterocycles. The predicted octanol–water partition coefficient (Wildman–Crippen LogP) is 1.80. The van der Waals surface area contributed by atoms with Crippen molar-refractivity contribution in [1.82, 2.24) is 9.97 Å². The molecule has 2 aromatic heterocycles. The van der Waals surface area contributed by atoms with E-state index < -0.39 is 0 Å². The number of aryl methyl sites for hydroxylation is 2. The number of nitrogens with zero attached hydrogens (tertiary/aromatic N) is 1. The fourth-order valence-electron chi connectivity index (χ4n) is 2.38. The average molecular weight is 200 g/mol. The molecule has 0 fully saturated rings. The number of aromatic amines is 1. The number of fused-ring (bicyclic) bond motifs is 3. The van der Waals surface area contributed by atoms with Crippen LogP contribution in [-0.4, -0.2) is 9.97 Å². The Hall–Kier alpha value is -1.64. The monoisotopic (exact) mass is 200 g/mol. The van der Waals surface area contributed by atoms with E-state index in [9.17, 15) is 4.79 Å². The molecule has 1 N–H and O–H groups in total.